The van der Waals surface area contributed by atoms with Crippen molar-refractivity contribution in [1.29, 1.82) is 0 Å². The van der Waals surface area contributed by atoms with Crippen LogP contribution >= 0.6 is 0 Å². The van der Waals surface area contributed by atoms with Crippen molar-refractivity contribution >= 4 is 11.7 Å². The Hall–Kier alpha value is -1.51. The summed E-state index contributed by atoms with van der Waals surface area (Å²) in [7, 11) is 0. The summed E-state index contributed by atoms with van der Waals surface area (Å²) in [6, 6.07) is 9.99. The van der Waals surface area contributed by atoms with Crippen molar-refractivity contribution < 1.29 is 9.53 Å². The lowest BCUT2D eigenvalue weighted by atomic mass is 9.75. The maximum Gasteiger partial charge on any atom is 0.331 e. The van der Waals surface area contributed by atoms with Gasteiger partial charge in [0.2, 0.25) is 0 Å². The molecule has 1 aliphatic carbocycles. The second-order valence-electron chi connectivity index (χ2n) is 6.03. The maximum atomic E-state index is 12.5. The van der Waals surface area contributed by atoms with Gasteiger partial charge in [0.1, 0.15) is 5.54 Å². The highest BCUT2D eigenvalue weighted by atomic mass is 16.5. The first-order valence-corrected chi connectivity index (χ1v) is 8.20. The van der Waals surface area contributed by atoms with Crippen LogP contribution in [0, 0.1) is 5.92 Å². The van der Waals surface area contributed by atoms with Crippen molar-refractivity contribution in [2.75, 3.05) is 11.9 Å². The van der Waals surface area contributed by atoms with Crippen LogP contribution in [0.3, 0.4) is 0 Å². The van der Waals surface area contributed by atoms with Gasteiger partial charge in [-0.05, 0) is 50.7 Å². The summed E-state index contributed by atoms with van der Waals surface area (Å²) in [6.07, 6.45) is 6.43. The topological polar surface area (TPSA) is 38.3 Å². The lowest BCUT2D eigenvalue weighted by Crippen LogP contribution is -2.50. The van der Waals surface area contributed by atoms with E-state index in [1.165, 1.54) is 12.8 Å². The molecule has 3 heteroatoms. The van der Waals surface area contributed by atoms with Gasteiger partial charge in [-0.2, -0.15) is 0 Å². The highest BCUT2D eigenvalue weighted by Crippen LogP contribution is 2.37. The largest absolute Gasteiger partial charge is 0.464 e. The lowest BCUT2D eigenvalue weighted by molar-refractivity contribution is -0.150. The van der Waals surface area contributed by atoms with E-state index in [1.54, 1.807) is 0 Å². The number of benzene rings is 1. The molecule has 0 bridgehead atoms. The summed E-state index contributed by atoms with van der Waals surface area (Å²) in [5, 5.41) is 3.47. The van der Waals surface area contributed by atoms with Crippen LogP contribution < -0.4 is 5.32 Å². The summed E-state index contributed by atoms with van der Waals surface area (Å²) >= 11 is 0. The van der Waals surface area contributed by atoms with Crippen molar-refractivity contribution in [3.05, 3.63) is 30.3 Å². The number of esters is 1. The summed E-state index contributed by atoms with van der Waals surface area (Å²) in [5.41, 5.74) is 0.459. The molecule has 0 amide bonds. The molecule has 0 atom stereocenters. The Morgan fingerprint density at radius 3 is 2.48 bits per heavy atom. The molecule has 0 spiro atoms. The van der Waals surface area contributed by atoms with Crippen molar-refractivity contribution in [2.45, 2.75) is 57.9 Å². The molecule has 1 aliphatic rings. The third-order valence-electron chi connectivity index (χ3n) is 4.48. The van der Waals surface area contributed by atoms with Gasteiger partial charge in [0.05, 0.1) is 6.61 Å². The van der Waals surface area contributed by atoms with Gasteiger partial charge in [-0.25, -0.2) is 4.79 Å². The molecule has 1 saturated carbocycles. The predicted molar refractivity (Wildman–Crippen MR) is 86.3 cm³/mol. The molecule has 0 saturated heterocycles. The average Bonchev–Trinajstić information content (AvgIpc) is 2.51. The van der Waals surface area contributed by atoms with E-state index < -0.39 is 5.54 Å². The second kappa shape index (κ2) is 7.48. The van der Waals surface area contributed by atoms with E-state index in [4.69, 9.17) is 4.74 Å². The van der Waals surface area contributed by atoms with Gasteiger partial charge in [0, 0.05) is 5.69 Å². The molecule has 116 valence electrons. The number of rotatable bonds is 6. The third-order valence-corrected chi connectivity index (χ3v) is 4.48. The quantitative estimate of drug-likeness (QED) is 0.789. The van der Waals surface area contributed by atoms with E-state index in [1.807, 2.05) is 37.3 Å². The minimum Gasteiger partial charge on any atom is -0.464 e. The first-order chi connectivity index (χ1) is 10.2. The molecule has 0 unspecified atom stereocenters. The molecule has 0 aromatic heterocycles. The standard InChI is InChI=1S/C18H27NO2/c1-3-8-15-11-13-18(14-12-15,17(20)21-4-2)19-16-9-6-5-7-10-16/h5-7,9-10,15,19H,3-4,8,11-14H2,1-2H3. The van der Waals surface area contributed by atoms with Gasteiger partial charge in [-0.15, -0.1) is 0 Å². The molecule has 0 aliphatic heterocycles. The summed E-state index contributed by atoms with van der Waals surface area (Å²) in [4.78, 5) is 12.5. The molecule has 1 N–H and O–H groups in total. The van der Waals surface area contributed by atoms with Crippen molar-refractivity contribution in [1.82, 2.24) is 0 Å². The number of nitrogens with one attached hydrogen (secondary N) is 1. The third kappa shape index (κ3) is 3.99. The zero-order valence-corrected chi connectivity index (χ0v) is 13.2. The first kappa shape index (κ1) is 15.9. The van der Waals surface area contributed by atoms with E-state index in [9.17, 15) is 4.79 Å². The Kier molecular flexibility index (Phi) is 5.66. The highest BCUT2D eigenvalue weighted by Gasteiger charge is 2.42. The molecular weight excluding hydrogens is 262 g/mol. The van der Waals surface area contributed by atoms with Gasteiger partial charge in [0.15, 0.2) is 0 Å². The number of para-hydroxylation sites is 1. The molecule has 1 aromatic carbocycles. The van der Waals surface area contributed by atoms with Crippen LogP contribution in [0.25, 0.3) is 0 Å². The summed E-state index contributed by atoms with van der Waals surface area (Å²) in [6.45, 7) is 4.54. The smallest absolute Gasteiger partial charge is 0.331 e. The van der Waals surface area contributed by atoms with E-state index in [0.29, 0.717) is 6.61 Å². The Labute approximate surface area is 128 Å². The van der Waals surface area contributed by atoms with Crippen LogP contribution in [0.2, 0.25) is 0 Å². The highest BCUT2D eigenvalue weighted by molar-refractivity contribution is 5.84. The zero-order valence-electron chi connectivity index (χ0n) is 13.2. The average molecular weight is 289 g/mol. The van der Waals surface area contributed by atoms with Gasteiger partial charge < -0.3 is 10.1 Å². The predicted octanol–water partition coefficient (Wildman–Crippen LogP) is 4.39. The minimum atomic E-state index is -0.540. The summed E-state index contributed by atoms with van der Waals surface area (Å²) < 4.78 is 5.35. The summed E-state index contributed by atoms with van der Waals surface area (Å²) in [5.74, 6) is 0.666. The van der Waals surface area contributed by atoms with Crippen LogP contribution in [-0.4, -0.2) is 18.1 Å². The monoisotopic (exact) mass is 289 g/mol. The normalized spacial score (nSPS) is 25.3. The van der Waals surface area contributed by atoms with E-state index >= 15 is 0 Å². The Morgan fingerprint density at radius 2 is 1.90 bits per heavy atom. The van der Waals surface area contributed by atoms with Crippen LogP contribution in [0.4, 0.5) is 5.69 Å². The molecule has 0 radical (unpaired) electrons. The Morgan fingerprint density at radius 1 is 1.24 bits per heavy atom. The molecule has 3 nitrogen and oxygen atoms in total. The Balaban J connectivity index is 2.11. The Bertz CT molecular complexity index is 436. The van der Waals surface area contributed by atoms with E-state index in [2.05, 4.69) is 12.2 Å². The number of carbonyl (C=O) groups is 1. The molecular formula is C18H27NO2. The number of carbonyl (C=O) groups excluding carboxylic acids is 1. The maximum absolute atomic E-state index is 12.5. The van der Waals surface area contributed by atoms with Gasteiger partial charge >= 0.3 is 5.97 Å². The van der Waals surface area contributed by atoms with Crippen LogP contribution in [0.1, 0.15) is 52.4 Å². The van der Waals surface area contributed by atoms with Crippen LogP contribution in [0.15, 0.2) is 30.3 Å². The zero-order chi connectivity index (χ0) is 15.1. The lowest BCUT2D eigenvalue weighted by Gasteiger charge is -2.39. The van der Waals surface area contributed by atoms with Crippen molar-refractivity contribution in [3.8, 4) is 0 Å². The fraction of sp³-hybridized carbons (Fsp3) is 0.611. The number of hydrogen-bond acceptors (Lipinski definition) is 3. The minimum absolute atomic E-state index is 0.0937. The number of ether oxygens (including phenoxy) is 1. The molecule has 0 heterocycles. The molecule has 2 rings (SSSR count). The number of anilines is 1. The number of hydrogen-bond donors (Lipinski definition) is 1. The van der Waals surface area contributed by atoms with Crippen molar-refractivity contribution in [2.24, 2.45) is 5.92 Å². The van der Waals surface area contributed by atoms with Crippen molar-refractivity contribution in [3.63, 3.8) is 0 Å². The van der Waals surface area contributed by atoms with E-state index in [-0.39, 0.29) is 5.97 Å². The molecule has 1 aromatic rings. The molecule has 21 heavy (non-hydrogen) atoms. The fourth-order valence-corrected chi connectivity index (χ4v) is 3.31. The van der Waals surface area contributed by atoms with Crippen LogP contribution in [0.5, 0.6) is 0 Å². The van der Waals surface area contributed by atoms with Gasteiger partial charge in [-0.1, -0.05) is 38.0 Å². The van der Waals surface area contributed by atoms with Gasteiger partial charge in [-0.3, -0.25) is 0 Å². The van der Waals surface area contributed by atoms with E-state index in [0.717, 1.165) is 37.3 Å². The SMILES string of the molecule is CCCC1CCC(Nc2ccccc2)(C(=O)OCC)CC1. The molecule has 1 fully saturated rings. The van der Waals surface area contributed by atoms with Gasteiger partial charge in [0.25, 0.3) is 0 Å². The fourth-order valence-electron chi connectivity index (χ4n) is 3.31. The first-order valence-electron chi connectivity index (χ1n) is 8.20. The van der Waals surface area contributed by atoms with Crippen LogP contribution in [-0.2, 0) is 9.53 Å². The second-order valence-corrected chi connectivity index (χ2v) is 6.03.